The van der Waals surface area contributed by atoms with Crippen LogP contribution >= 0.6 is 0 Å². The molecule has 0 saturated heterocycles. The van der Waals surface area contributed by atoms with E-state index in [9.17, 15) is 4.79 Å². The molecule has 4 nitrogen and oxygen atoms in total. The molecule has 0 bridgehead atoms. The van der Waals surface area contributed by atoms with Gasteiger partial charge >= 0.3 is 5.97 Å². The number of rotatable bonds is 4. The van der Waals surface area contributed by atoms with Gasteiger partial charge in [-0.2, -0.15) is 0 Å². The monoisotopic (exact) mass is 308 g/mol. The van der Waals surface area contributed by atoms with E-state index in [0.717, 1.165) is 34.5 Å². The molecule has 118 valence electrons. The number of aryl methyl sites for hydroxylation is 3. The van der Waals surface area contributed by atoms with Crippen LogP contribution in [0.2, 0.25) is 0 Å². The molecule has 2 aromatic carbocycles. The van der Waals surface area contributed by atoms with Crippen LogP contribution in [0.4, 0.5) is 0 Å². The first kappa shape index (κ1) is 15.3. The van der Waals surface area contributed by atoms with Gasteiger partial charge in [-0.15, -0.1) is 0 Å². The number of fused-ring (bicyclic) bond motifs is 1. The van der Waals surface area contributed by atoms with Gasteiger partial charge in [0.1, 0.15) is 5.82 Å². The summed E-state index contributed by atoms with van der Waals surface area (Å²) in [5.41, 5.74) is 6.25. The van der Waals surface area contributed by atoms with Gasteiger partial charge in [0, 0.05) is 12.1 Å². The molecule has 0 saturated carbocycles. The van der Waals surface area contributed by atoms with Crippen molar-refractivity contribution in [3.63, 3.8) is 0 Å². The van der Waals surface area contributed by atoms with Crippen LogP contribution in [0.3, 0.4) is 0 Å². The van der Waals surface area contributed by atoms with E-state index in [1.165, 1.54) is 11.1 Å². The fourth-order valence-corrected chi connectivity index (χ4v) is 2.88. The molecule has 4 heteroatoms. The standard InChI is InChI=1S/C19H20N2O2/c1-4-21-17-8-6-14(11-18(22)23)10-16(17)20-19(21)15-7-5-12(2)13(3)9-15/h5-10H,4,11H2,1-3H3,(H,22,23). The van der Waals surface area contributed by atoms with Crippen molar-refractivity contribution >= 4 is 17.0 Å². The van der Waals surface area contributed by atoms with Crippen LogP contribution in [-0.4, -0.2) is 20.6 Å². The summed E-state index contributed by atoms with van der Waals surface area (Å²) in [5.74, 6) is 0.103. The van der Waals surface area contributed by atoms with Crippen LogP contribution in [0, 0.1) is 13.8 Å². The molecule has 1 N–H and O–H groups in total. The van der Waals surface area contributed by atoms with Gasteiger partial charge < -0.3 is 9.67 Å². The van der Waals surface area contributed by atoms with Crippen LogP contribution in [0.25, 0.3) is 22.4 Å². The maximum absolute atomic E-state index is 10.9. The zero-order valence-corrected chi connectivity index (χ0v) is 13.6. The van der Waals surface area contributed by atoms with Crippen molar-refractivity contribution in [1.29, 1.82) is 0 Å². The summed E-state index contributed by atoms with van der Waals surface area (Å²) in [6, 6.07) is 12.1. The molecule has 0 amide bonds. The van der Waals surface area contributed by atoms with Gasteiger partial charge in [0.05, 0.1) is 17.5 Å². The van der Waals surface area contributed by atoms with Gasteiger partial charge in [-0.25, -0.2) is 4.98 Å². The fraction of sp³-hybridized carbons (Fsp3) is 0.263. The molecule has 0 aliphatic heterocycles. The van der Waals surface area contributed by atoms with Crippen LogP contribution in [0.15, 0.2) is 36.4 Å². The lowest BCUT2D eigenvalue weighted by atomic mass is 10.1. The first-order chi connectivity index (χ1) is 11.0. The lowest BCUT2D eigenvalue weighted by Gasteiger charge is -2.08. The molecule has 0 atom stereocenters. The molecule has 0 unspecified atom stereocenters. The Balaban J connectivity index is 2.16. The predicted molar refractivity (Wildman–Crippen MR) is 91.7 cm³/mol. The van der Waals surface area contributed by atoms with E-state index >= 15 is 0 Å². The summed E-state index contributed by atoms with van der Waals surface area (Å²) in [7, 11) is 0. The lowest BCUT2D eigenvalue weighted by Crippen LogP contribution is -2.00. The average Bonchev–Trinajstić information content (AvgIpc) is 2.87. The van der Waals surface area contributed by atoms with Crippen molar-refractivity contribution in [3.05, 3.63) is 53.1 Å². The van der Waals surface area contributed by atoms with Crippen LogP contribution < -0.4 is 0 Å². The first-order valence-corrected chi connectivity index (χ1v) is 7.78. The Hall–Kier alpha value is -2.62. The number of carboxylic acid groups (broad SMARTS) is 1. The number of benzene rings is 2. The van der Waals surface area contributed by atoms with E-state index < -0.39 is 5.97 Å². The van der Waals surface area contributed by atoms with Gasteiger partial charge in [0.25, 0.3) is 0 Å². The van der Waals surface area contributed by atoms with E-state index in [0.29, 0.717) is 0 Å². The molecule has 3 aromatic rings. The molecular formula is C19H20N2O2. The molecular weight excluding hydrogens is 288 g/mol. The highest BCUT2D eigenvalue weighted by Gasteiger charge is 2.13. The van der Waals surface area contributed by atoms with E-state index in [4.69, 9.17) is 10.1 Å². The Labute approximate surface area is 135 Å². The minimum atomic E-state index is -0.825. The van der Waals surface area contributed by atoms with E-state index in [1.54, 1.807) is 0 Å². The van der Waals surface area contributed by atoms with E-state index in [1.807, 2.05) is 18.2 Å². The van der Waals surface area contributed by atoms with E-state index in [2.05, 4.69) is 43.5 Å². The van der Waals surface area contributed by atoms with Gasteiger partial charge in [-0.3, -0.25) is 4.79 Å². The Morgan fingerprint density at radius 3 is 2.57 bits per heavy atom. The van der Waals surface area contributed by atoms with Crippen molar-refractivity contribution in [2.75, 3.05) is 0 Å². The number of hydrogen-bond donors (Lipinski definition) is 1. The van der Waals surface area contributed by atoms with Crippen molar-refractivity contribution < 1.29 is 9.90 Å². The van der Waals surface area contributed by atoms with Crippen molar-refractivity contribution in [2.45, 2.75) is 33.7 Å². The Morgan fingerprint density at radius 2 is 1.91 bits per heavy atom. The smallest absolute Gasteiger partial charge is 0.307 e. The van der Waals surface area contributed by atoms with Crippen molar-refractivity contribution in [2.24, 2.45) is 0 Å². The zero-order valence-electron chi connectivity index (χ0n) is 13.6. The predicted octanol–water partition coefficient (Wildman–Crippen LogP) is 3.97. The second-order valence-corrected chi connectivity index (χ2v) is 5.87. The average molecular weight is 308 g/mol. The number of carboxylic acids is 1. The SMILES string of the molecule is CCn1c(-c2ccc(C)c(C)c2)nc2cc(CC(=O)O)ccc21. The second kappa shape index (κ2) is 5.88. The molecule has 0 aliphatic rings. The highest BCUT2D eigenvalue weighted by atomic mass is 16.4. The molecule has 23 heavy (non-hydrogen) atoms. The minimum absolute atomic E-state index is 0.0217. The highest BCUT2D eigenvalue weighted by molar-refractivity contribution is 5.82. The molecule has 3 rings (SSSR count). The fourth-order valence-electron chi connectivity index (χ4n) is 2.88. The molecule has 0 fully saturated rings. The number of nitrogens with zero attached hydrogens (tertiary/aromatic N) is 2. The largest absolute Gasteiger partial charge is 0.481 e. The zero-order chi connectivity index (χ0) is 16.6. The molecule has 0 aliphatic carbocycles. The number of aromatic nitrogens is 2. The summed E-state index contributed by atoms with van der Waals surface area (Å²) in [6.45, 7) is 7.11. The third-order valence-corrected chi connectivity index (χ3v) is 4.25. The summed E-state index contributed by atoms with van der Waals surface area (Å²) in [6.07, 6.45) is 0.0217. The van der Waals surface area contributed by atoms with E-state index in [-0.39, 0.29) is 6.42 Å². The van der Waals surface area contributed by atoms with Crippen molar-refractivity contribution in [1.82, 2.24) is 9.55 Å². The lowest BCUT2D eigenvalue weighted by molar-refractivity contribution is -0.136. The van der Waals surface area contributed by atoms with Gasteiger partial charge in [-0.05, 0) is 55.7 Å². The molecule has 1 aromatic heterocycles. The van der Waals surface area contributed by atoms with Gasteiger partial charge in [-0.1, -0.05) is 18.2 Å². The van der Waals surface area contributed by atoms with Gasteiger partial charge in [0.2, 0.25) is 0 Å². The maximum atomic E-state index is 10.9. The highest BCUT2D eigenvalue weighted by Crippen LogP contribution is 2.27. The number of imidazole rings is 1. The first-order valence-electron chi connectivity index (χ1n) is 7.78. The topological polar surface area (TPSA) is 55.1 Å². The maximum Gasteiger partial charge on any atom is 0.307 e. The summed E-state index contributed by atoms with van der Waals surface area (Å²) >= 11 is 0. The quantitative estimate of drug-likeness (QED) is 0.793. The molecule has 0 spiro atoms. The Kier molecular flexibility index (Phi) is 3.90. The minimum Gasteiger partial charge on any atom is -0.481 e. The third-order valence-electron chi connectivity index (χ3n) is 4.25. The van der Waals surface area contributed by atoms with Crippen LogP contribution in [0.5, 0.6) is 0 Å². The Bertz CT molecular complexity index is 894. The van der Waals surface area contributed by atoms with Crippen molar-refractivity contribution in [3.8, 4) is 11.4 Å². The third kappa shape index (κ3) is 2.84. The number of hydrogen-bond acceptors (Lipinski definition) is 2. The summed E-state index contributed by atoms with van der Waals surface area (Å²) in [4.78, 5) is 15.7. The molecule has 1 heterocycles. The number of aliphatic carboxylic acids is 1. The molecule has 0 radical (unpaired) electrons. The normalized spacial score (nSPS) is 11.1. The van der Waals surface area contributed by atoms with Crippen LogP contribution in [-0.2, 0) is 17.8 Å². The van der Waals surface area contributed by atoms with Gasteiger partial charge in [0.15, 0.2) is 0 Å². The summed E-state index contributed by atoms with van der Waals surface area (Å²) in [5, 5.41) is 8.95. The summed E-state index contributed by atoms with van der Waals surface area (Å²) < 4.78 is 2.17. The second-order valence-electron chi connectivity index (χ2n) is 5.87. The van der Waals surface area contributed by atoms with Crippen LogP contribution in [0.1, 0.15) is 23.6 Å². The number of carbonyl (C=O) groups is 1. The Morgan fingerprint density at radius 1 is 1.13 bits per heavy atom.